The average molecular weight is 342 g/mol. The van der Waals surface area contributed by atoms with Crippen LogP contribution in [-0.2, 0) is 16.4 Å². The molecule has 0 saturated heterocycles. The van der Waals surface area contributed by atoms with Gasteiger partial charge in [0.25, 0.3) is 5.91 Å². The van der Waals surface area contributed by atoms with Crippen molar-refractivity contribution in [1.82, 2.24) is 10.0 Å². The molecule has 0 heterocycles. The quantitative estimate of drug-likeness (QED) is 0.750. The van der Waals surface area contributed by atoms with Gasteiger partial charge in [0.2, 0.25) is 10.0 Å². The molecule has 2 N–H and O–H groups in total. The zero-order valence-corrected chi connectivity index (χ0v) is 13.8. The molecule has 0 fully saturated rings. The normalized spacial score (nSPS) is 10.8. The van der Waals surface area contributed by atoms with E-state index < -0.39 is 10.0 Å². The van der Waals surface area contributed by atoms with E-state index >= 15 is 0 Å². The maximum atomic E-state index is 12.2. The molecule has 2 aromatic carbocycles. The van der Waals surface area contributed by atoms with Crippen LogP contribution in [0.5, 0.6) is 0 Å². The lowest BCUT2D eigenvalue weighted by atomic mass is 10.1. The van der Waals surface area contributed by atoms with E-state index in [2.05, 4.69) is 16.0 Å². The summed E-state index contributed by atoms with van der Waals surface area (Å²) >= 11 is 0. The van der Waals surface area contributed by atoms with Crippen LogP contribution in [0, 0.1) is 12.3 Å². The van der Waals surface area contributed by atoms with Crippen LogP contribution in [0.1, 0.15) is 15.9 Å². The maximum Gasteiger partial charge on any atom is 0.251 e. The summed E-state index contributed by atoms with van der Waals surface area (Å²) in [6.45, 7) is 0.366. The number of hydrogen-bond acceptors (Lipinski definition) is 3. The number of sulfonamides is 1. The van der Waals surface area contributed by atoms with E-state index in [0.717, 1.165) is 5.56 Å². The molecule has 0 aliphatic heterocycles. The van der Waals surface area contributed by atoms with Crippen LogP contribution in [0.3, 0.4) is 0 Å². The Morgan fingerprint density at radius 2 is 1.83 bits per heavy atom. The fourth-order valence-electron chi connectivity index (χ4n) is 2.09. The Bertz CT molecular complexity index is 840. The Morgan fingerprint density at radius 1 is 1.08 bits per heavy atom. The van der Waals surface area contributed by atoms with E-state index in [4.69, 9.17) is 6.42 Å². The molecule has 1 amide bonds. The minimum absolute atomic E-state index is 0.00783. The Hall–Kier alpha value is -2.62. The van der Waals surface area contributed by atoms with Crippen molar-refractivity contribution < 1.29 is 13.2 Å². The van der Waals surface area contributed by atoms with Gasteiger partial charge >= 0.3 is 0 Å². The van der Waals surface area contributed by atoms with Crippen molar-refractivity contribution in [3.05, 3.63) is 65.7 Å². The summed E-state index contributed by atoms with van der Waals surface area (Å²) < 4.78 is 26.3. The maximum absolute atomic E-state index is 12.2. The van der Waals surface area contributed by atoms with Crippen molar-refractivity contribution in [3.8, 4) is 12.3 Å². The third kappa shape index (κ3) is 4.95. The highest BCUT2D eigenvalue weighted by Crippen LogP contribution is 2.11. The number of carbonyl (C=O) groups excluding carboxylic acids is 1. The monoisotopic (exact) mass is 342 g/mol. The van der Waals surface area contributed by atoms with Gasteiger partial charge in [-0.2, -0.15) is 4.72 Å². The van der Waals surface area contributed by atoms with E-state index in [1.165, 1.54) is 18.2 Å². The summed E-state index contributed by atoms with van der Waals surface area (Å²) in [5, 5.41) is 2.78. The molecule has 5 nitrogen and oxygen atoms in total. The van der Waals surface area contributed by atoms with Crippen LogP contribution >= 0.6 is 0 Å². The van der Waals surface area contributed by atoms with Gasteiger partial charge in [-0.15, -0.1) is 6.42 Å². The van der Waals surface area contributed by atoms with Crippen molar-refractivity contribution in [3.63, 3.8) is 0 Å². The lowest BCUT2D eigenvalue weighted by Crippen LogP contribution is -2.27. The third-order valence-corrected chi connectivity index (χ3v) is 4.71. The molecule has 0 aromatic heterocycles. The number of terminal acetylenes is 1. The summed E-state index contributed by atoms with van der Waals surface area (Å²) in [7, 11) is -3.71. The molecular weight excluding hydrogens is 324 g/mol. The number of nitrogens with one attached hydrogen (secondary N) is 2. The molecule has 0 spiro atoms. The van der Waals surface area contributed by atoms with Crippen LogP contribution in [0.15, 0.2) is 59.5 Å². The minimum Gasteiger partial charge on any atom is -0.352 e. The highest BCUT2D eigenvalue weighted by atomic mass is 32.2. The largest absolute Gasteiger partial charge is 0.352 e. The van der Waals surface area contributed by atoms with Gasteiger partial charge in [0.1, 0.15) is 0 Å². The number of amides is 1. The van der Waals surface area contributed by atoms with E-state index in [0.29, 0.717) is 13.0 Å². The molecule has 0 aliphatic carbocycles. The van der Waals surface area contributed by atoms with Crippen molar-refractivity contribution in [2.45, 2.75) is 11.3 Å². The molecule has 24 heavy (non-hydrogen) atoms. The number of hydrogen-bond donors (Lipinski definition) is 2. The predicted molar refractivity (Wildman–Crippen MR) is 92.9 cm³/mol. The van der Waals surface area contributed by atoms with Crippen LogP contribution in [0.4, 0.5) is 0 Å². The first-order chi connectivity index (χ1) is 11.5. The van der Waals surface area contributed by atoms with Crippen LogP contribution in [0.25, 0.3) is 0 Å². The molecule has 2 rings (SSSR count). The van der Waals surface area contributed by atoms with Gasteiger partial charge in [0.15, 0.2) is 0 Å². The van der Waals surface area contributed by atoms with Crippen LogP contribution in [0.2, 0.25) is 0 Å². The van der Waals surface area contributed by atoms with E-state index in [1.54, 1.807) is 6.07 Å². The summed E-state index contributed by atoms with van der Waals surface area (Å²) in [6, 6.07) is 15.6. The molecule has 0 aliphatic rings. The van der Waals surface area contributed by atoms with Gasteiger partial charge in [-0.25, -0.2) is 8.42 Å². The second-order valence-electron chi connectivity index (χ2n) is 5.05. The summed E-state index contributed by atoms with van der Waals surface area (Å²) in [5.74, 6) is 1.89. The molecule has 6 heteroatoms. The lowest BCUT2D eigenvalue weighted by Gasteiger charge is -2.08. The molecular formula is C18H18N2O3S. The Morgan fingerprint density at radius 3 is 2.54 bits per heavy atom. The third-order valence-electron chi connectivity index (χ3n) is 3.31. The van der Waals surface area contributed by atoms with Crippen molar-refractivity contribution in [2.75, 3.05) is 13.1 Å². The molecule has 0 radical (unpaired) electrons. The van der Waals surface area contributed by atoms with Crippen LogP contribution in [-0.4, -0.2) is 27.4 Å². The zero-order chi connectivity index (χ0) is 17.4. The SMILES string of the molecule is C#CCNS(=O)(=O)c1cccc(C(=O)NCCc2ccccc2)c1. The van der Waals surface area contributed by atoms with Crippen molar-refractivity contribution >= 4 is 15.9 Å². The highest BCUT2D eigenvalue weighted by Gasteiger charge is 2.15. The van der Waals surface area contributed by atoms with Gasteiger partial charge < -0.3 is 5.32 Å². The predicted octanol–water partition coefficient (Wildman–Crippen LogP) is 1.57. The zero-order valence-electron chi connectivity index (χ0n) is 13.0. The molecule has 2 aromatic rings. The average Bonchev–Trinajstić information content (AvgIpc) is 2.61. The van der Waals surface area contributed by atoms with E-state index in [-0.39, 0.29) is 22.9 Å². The van der Waals surface area contributed by atoms with Gasteiger partial charge in [0, 0.05) is 12.1 Å². The van der Waals surface area contributed by atoms with E-state index in [9.17, 15) is 13.2 Å². The van der Waals surface area contributed by atoms with Crippen molar-refractivity contribution in [1.29, 1.82) is 0 Å². The Balaban J connectivity index is 2.00. The smallest absolute Gasteiger partial charge is 0.251 e. The first kappa shape index (κ1) is 17.7. The molecule has 0 atom stereocenters. The molecule has 0 bridgehead atoms. The first-order valence-corrected chi connectivity index (χ1v) is 8.86. The van der Waals surface area contributed by atoms with Crippen LogP contribution < -0.4 is 10.0 Å². The highest BCUT2D eigenvalue weighted by molar-refractivity contribution is 7.89. The summed E-state index contributed by atoms with van der Waals surface area (Å²) in [6.07, 6.45) is 5.76. The standard InChI is InChI=1S/C18H18N2O3S/c1-2-12-20-24(22,23)17-10-6-9-16(14-17)18(21)19-13-11-15-7-4-3-5-8-15/h1,3-10,14,20H,11-13H2,(H,19,21). The second kappa shape index (κ2) is 8.29. The fraction of sp³-hybridized carbons (Fsp3) is 0.167. The number of carbonyl (C=O) groups is 1. The van der Waals surface area contributed by atoms with Gasteiger partial charge in [-0.1, -0.05) is 42.3 Å². The molecule has 0 unspecified atom stereocenters. The Labute approximate surface area is 142 Å². The first-order valence-electron chi connectivity index (χ1n) is 7.38. The molecule has 0 saturated carbocycles. The van der Waals surface area contributed by atoms with Gasteiger partial charge in [-0.05, 0) is 30.2 Å². The fourth-order valence-corrected chi connectivity index (χ4v) is 3.07. The number of benzene rings is 2. The molecule has 124 valence electrons. The summed E-state index contributed by atoms with van der Waals surface area (Å²) in [5.41, 5.74) is 1.40. The van der Waals surface area contributed by atoms with Crippen molar-refractivity contribution in [2.24, 2.45) is 0 Å². The Kier molecular flexibility index (Phi) is 6.13. The minimum atomic E-state index is -3.71. The van der Waals surface area contributed by atoms with E-state index in [1.807, 2.05) is 30.3 Å². The topological polar surface area (TPSA) is 75.3 Å². The van der Waals surface area contributed by atoms with Gasteiger partial charge in [0.05, 0.1) is 11.4 Å². The summed E-state index contributed by atoms with van der Waals surface area (Å²) in [4.78, 5) is 12.2. The second-order valence-corrected chi connectivity index (χ2v) is 6.81. The van der Waals surface area contributed by atoms with Gasteiger partial charge in [-0.3, -0.25) is 4.79 Å². The number of rotatable bonds is 7. The lowest BCUT2D eigenvalue weighted by molar-refractivity contribution is 0.0954.